The van der Waals surface area contributed by atoms with Crippen LogP contribution in [0.25, 0.3) is 0 Å². The Bertz CT molecular complexity index is 726. The molecule has 2 N–H and O–H groups in total. The minimum absolute atomic E-state index is 0.124. The molecule has 1 aromatic carbocycles. The molecule has 2 fully saturated rings. The topological polar surface area (TPSA) is 70.7 Å². The molecule has 1 aromatic rings. The molecule has 0 heterocycles. The second-order valence-corrected chi connectivity index (χ2v) is 9.09. The van der Waals surface area contributed by atoms with Crippen LogP contribution in [-0.2, 0) is 10.3 Å². The summed E-state index contributed by atoms with van der Waals surface area (Å²) in [6.07, 6.45) is 8.02. The molecule has 30 heavy (non-hydrogen) atoms. The highest BCUT2D eigenvalue weighted by molar-refractivity contribution is 7.97. The van der Waals surface area contributed by atoms with Crippen LogP contribution in [-0.4, -0.2) is 49.7 Å². The van der Waals surface area contributed by atoms with E-state index in [0.29, 0.717) is 24.8 Å². The van der Waals surface area contributed by atoms with E-state index in [4.69, 9.17) is 4.74 Å². The van der Waals surface area contributed by atoms with Crippen molar-refractivity contribution in [1.29, 1.82) is 0 Å². The lowest BCUT2D eigenvalue weighted by atomic mass is 10.1. The van der Waals surface area contributed by atoms with Gasteiger partial charge in [0.1, 0.15) is 17.9 Å². The van der Waals surface area contributed by atoms with Crippen molar-refractivity contribution >= 4 is 24.3 Å². The van der Waals surface area contributed by atoms with Crippen molar-refractivity contribution in [2.75, 3.05) is 32.5 Å². The smallest absolute Gasteiger partial charge is 0.317 e. The van der Waals surface area contributed by atoms with E-state index >= 15 is 0 Å². The molecule has 0 radical (unpaired) electrons. The maximum atomic E-state index is 14.1. The summed E-state index contributed by atoms with van der Waals surface area (Å²) in [6.45, 7) is 1.38. The lowest BCUT2D eigenvalue weighted by molar-refractivity contribution is -0.108. The third-order valence-electron chi connectivity index (χ3n) is 5.59. The predicted molar refractivity (Wildman–Crippen MR) is 117 cm³/mol. The fourth-order valence-electron chi connectivity index (χ4n) is 3.36. The van der Waals surface area contributed by atoms with E-state index in [1.54, 1.807) is 25.1 Å². The molecule has 8 heteroatoms. The molecular formula is C22H32FN3O3S. The lowest BCUT2D eigenvalue weighted by Gasteiger charge is -2.20. The molecule has 0 unspecified atom stereocenters. The van der Waals surface area contributed by atoms with Gasteiger partial charge in [-0.15, -0.1) is 0 Å². The van der Waals surface area contributed by atoms with E-state index in [1.807, 2.05) is 6.07 Å². The number of urea groups is 1. The number of carbonyl (C=O) groups excluding carboxylic acids is 2. The minimum atomic E-state index is -0.243. The van der Waals surface area contributed by atoms with Crippen molar-refractivity contribution in [3.05, 3.63) is 29.6 Å². The van der Waals surface area contributed by atoms with Gasteiger partial charge in [0.05, 0.1) is 18.7 Å². The summed E-state index contributed by atoms with van der Waals surface area (Å²) in [5.74, 6) is 1.97. The predicted octanol–water partition coefficient (Wildman–Crippen LogP) is 3.85. The summed E-state index contributed by atoms with van der Waals surface area (Å²) < 4.78 is 23.4. The van der Waals surface area contributed by atoms with Gasteiger partial charge < -0.3 is 19.7 Å². The lowest BCUT2D eigenvalue weighted by Crippen LogP contribution is -2.39. The largest absolute Gasteiger partial charge is 0.493 e. The van der Waals surface area contributed by atoms with Crippen LogP contribution >= 0.6 is 11.9 Å². The van der Waals surface area contributed by atoms with Gasteiger partial charge in [-0.25, -0.2) is 9.18 Å². The summed E-state index contributed by atoms with van der Waals surface area (Å²) in [5, 5.41) is 2.55. The number of hydrogen-bond donors (Lipinski definition) is 2. The van der Waals surface area contributed by atoms with Crippen molar-refractivity contribution in [3.8, 4) is 5.75 Å². The standard InChI is InChI=1S/C22H32FN3O3S/c1-24-21(28)26(10-11-27)9-3-2-4-12-30-25-22(7-8-22)18-13-19(23)15-20(14-18)29-16-17-5-6-17/h11,13-15,17,25H,2-10,12,16H2,1H3,(H,24,28). The summed E-state index contributed by atoms with van der Waals surface area (Å²) in [7, 11) is 1.57. The van der Waals surface area contributed by atoms with Crippen LogP contribution in [0.2, 0.25) is 0 Å². The average Bonchev–Trinajstić information content (AvgIpc) is 3.65. The Hall–Kier alpha value is -1.80. The molecule has 6 nitrogen and oxygen atoms in total. The van der Waals surface area contributed by atoms with Crippen LogP contribution < -0.4 is 14.8 Å². The number of benzene rings is 1. The molecule has 2 amide bonds. The van der Waals surface area contributed by atoms with Gasteiger partial charge in [0, 0.05) is 25.4 Å². The van der Waals surface area contributed by atoms with Gasteiger partial charge in [0.15, 0.2) is 0 Å². The Balaban J connectivity index is 1.36. The number of unbranched alkanes of at least 4 members (excludes halogenated alkanes) is 2. The Morgan fingerprint density at radius 3 is 2.77 bits per heavy atom. The first kappa shape index (κ1) is 22.9. The number of halogens is 1. The summed E-state index contributed by atoms with van der Waals surface area (Å²) >= 11 is 1.68. The first-order valence-electron chi connectivity index (χ1n) is 10.8. The zero-order valence-corrected chi connectivity index (χ0v) is 18.4. The maximum absolute atomic E-state index is 14.1. The van der Waals surface area contributed by atoms with Gasteiger partial charge in [0.2, 0.25) is 0 Å². The molecule has 2 aliphatic rings. The van der Waals surface area contributed by atoms with Crippen LogP contribution in [0.5, 0.6) is 5.75 Å². The van der Waals surface area contributed by atoms with E-state index in [9.17, 15) is 14.0 Å². The van der Waals surface area contributed by atoms with Gasteiger partial charge in [-0.3, -0.25) is 4.72 Å². The molecule has 0 spiro atoms. The van der Waals surface area contributed by atoms with Crippen LogP contribution in [0.3, 0.4) is 0 Å². The fraction of sp³-hybridized carbons (Fsp3) is 0.636. The third kappa shape index (κ3) is 6.87. The highest BCUT2D eigenvalue weighted by Crippen LogP contribution is 2.48. The Morgan fingerprint density at radius 2 is 2.10 bits per heavy atom. The summed E-state index contributed by atoms with van der Waals surface area (Å²) in [6, 6.07) is 4.85. The highest BCUT2D eigenvalue weighted by atomic mass is 32.2. The Kier molecular flexibility index (Phi) is 8.39. The molecule has 0 aliphatic heterocycles. The minimum Gasteiger partial charge on any atom is -0.493 e. The van der Waals surface area contributed by atoms with Crippen molar-refractivity contribution in [2.45, 2.75) is 50.5 Å². The molecule has 0 bridgehead atoms. The number of amides is 2. The van der Waals surface area contributed by atoms with Crippen LogP contribution in [0.15, 0.2) is 18.2 Å². The van der Waals surface area contributed by atoms with Crippen molar-refractivity contribution in [1.82, 2.24) is 14.9 Å². The maximum Gasteiger partial charge on any atom is 0.317 e. The van der Waals surface area contributed by atoms with E-state index in [-0.39, 0.29) is 23.9 Å². The Labute approximate surface area is 182 Å². The number of rotatable bonds is 14. The van der Waals surface area contributed by atoms with Gasteiger partial charge in [-0.2, -0.15) is 0 Å². The fourth-order valence-corrected chi connectivity index (χ4v) is 4.41. The molecule has 166 valence electrons. The van der Waals surface area contributed by atoms with Gasteiger partial charge in [-0.1, -0.05) is 18.4 Å². The van der Waals surface area contributed by atoms with E-state index in [0.717, 1.165) is 49.7 Å². The first-order valence-corrected chi connectivity index (χ1v) is 11.8. The van der Waals surface area contributed by atoms with E-state index in [2.05, 4.69) is 10.0 Å². The monoisotopic (exact) mass is 437 g/mol. The third-order valence-corrected chi connectivity index (χ3v) is 6.62. The zero-order chi connectivity index (χ0) is 21.4. The molecule has 2 saturated carbocycles. The molecule has 0 atom stereocenters. The molecule has 0 saturated heterocycles. The van der Waals surface area contributed by atoms with E-state index < -0.39 is 0 Å². The second-order valence-electron chi connectivity index (χ2n) is 8.19. The van der Waals surface area contributed by atoms with Gasteiger partial charge in [0.25, 0.3) is 0 Å². The number of aldehydes is 1. The highest BCUT2D eigenvalue weighted by Gasteiger charge is 2.44. The molecular weight excluding hydrogens is 405 g/mol. The number of carbonyl (C=O) groups is 2. The zero-order valence-electron chi connectivity index (χ0n) is 17.6. The van der Waals surface area contributed by atoms with Crippen LogP contribution in [0, 0.1) is 11.7 Å². The SMILES string of the molecule is CNC(=O)N(CC=O)CCCCCSNC1(c2cc(F)cc(OCC3CC3)c2)CC1. The van der Waals surface area contributed by atoms with Gasteiger partial charge in [-0.05, 0) is 62.1 Å². The Morgan fingerprint density at radius 1 is 1.30 bits per heavy atom. The molecule has 3 rings (SSSR count). The number of nitrogens with one attached hydrogen (secondary N) is 2. The van der Waals surface area contributed by atoms with Gasteiger partial charge >= 0.3 is 6.03 Å². The molecule has 0 aromatic heterocycles. The summed E-state index contributed by atoms with van der Waals surface area (Å²) in [4.78, 5) is 23.8. The first-order chi connectivity index (χ1) is 14.6. The van der Waals surface area contributed by atoms with Crippen molar-refractivity contribution in [2.24, 2.45) is 5.92 Å². The van der Waals surface area contributed by atoms with E-state index in [1.165, 1.54) is 23.8 Å². The average molecular weight is 438 g/mol. The second kappa shape index (κ2) is 11.0. The normalized spacial score (nSPS) is 16.7. The number of ether oxygens (including phenoxy) is 1. The van der Waals surface area contributed by atoms with Crippen LogP contribution in [0.4, 0.5) is 9.18 Å². The molecule has 2 aliphatic carbocycles. The van der Waals surface area contributed by atoms with Crippen molar-refractivity contribution in [3.63, 3.8) is 0 Å². The van der Waals surface area contributed by atoms with Crippen molar-refractivity contribution < 1.29 is 18.7 Å². The quantitative estimate of drug-likeness (QED) is 0.263. The number of nitrogens with zero attached hydrogens (tertiary/aromatic N) is 1. The number of hydrogen-bond acceptors (Lipinski definition) is 5. The summed E-state index contributed by atoms with van der Waals surface area (Å²) in [5.41, 5.74) is 0.820. The van der Waals surface area contributed by atoms with Crippen LogP contribution in [0.1, 0.15) is 50.5 Å².